The first-order valence-electron chi connectivity index (χ1n) is 10.1. The average Bonchev–Trinajstić information content (AvgIpc) is 2.80. The second-order valence-electron chi connectivity index (χ2n) is 7.71. The summed E-state index contributed by atoms with van der Waals surface area (Å²) in [6.07, 6.45) is 0. The van der Waals surface area contributed by atoms with E-state index < -0.39 is 46.1 Å². The lowest BCUT2D eigenvalue weighted by atomic mass is 9.96. The van der Waals surface area contributed by atoms with Crippen LogP contribution in [0, 0.1) is 17.5 Å². The minimum Gasteiger partial charge on any atom is -0.502 e. The third-order valence-electron chi connectivity index (χ3n) is 5.38. The molecule has 4 aromatic carbocycles. The summed E-state index contributed by atoms with van der Waals surface area (Å²) in [4.78, 5) is 22.9. The Hall–Kier alpha value is -3.91. The van der Waals surface area contributed by atoms with Crippen molar-refractivity contribution in [2.75, 3.05) is 5.32 Å². The second-order valence-corrected chi connectivity index (χ2v) is 7.71. The number of aromatic hydroxyl groups is 1. The molecule has 0 aliphatic heterocycles. The van der Waals surface area contributed by atoms with Crippen molar-refractivity contribution >= 4 is 11.4 Å². The zero-order chi connectivity index (χ0) is 23.7. The van der Waals surface area contributed by atoms with Crippen LogP contribution in [0.2, 0.25) is 0 Å². The van der Waals surface area contributed by atoms with Crippen molar-refractivity contribution in [2.45, 2.75) is 19.0 Å². The van der Waals surface area contributed by atoms with Crippen molar-refractivity contribution in [2.24, 2.45) is 0 Å². The van der Waals surface area contributed by atoms with Crippen molar-refractivity contribution in [3.05, 3.63) is 121 Å². The van der Waals surface area contributed by atoms with Gasteiger partial charge >= 0.3 is 0 Å². The van der Waals surface area contributed by atoms with Gasteiger partial charge in [0.25, 0.3) is 10.9 Å². The molecule has 4 rings (SSSR count). The lowest BCUT2D eigenvalue weighted by Gasteiger charge is -2.25. The minimum atomic E-state index is -0.948. The first-order valence-corrected chi connectivity index (χ1v) is 10.1. The highest BCUT2D eigenvalue weighted by molar-refractivity contribution is 5.69. The molecule has 0 amide bonds. The highest BCUT2D eigenvalue weighted by Crippen LogP contribution is 2.30. The Bertz CT molecular complexity index is 1360. The summed E-state index contributed by atoms with van der Waals surface area (Å²) in [6.45, 7) is 1.74. The van der Waals surface area contributed by atoms with Crippen LogP contribution in [0.3, 0.4) is 0 Å². The van der Waals surface area contributed by atoms with E-state index in [1.165, 1.54) is 24.3 Å². The number of halogens is 3. The highest BCUT2D eigenvalue weighted by atomic mass is 19.1. The molecule has 0 aromatic heterocycles. The zero-order valence-corrected chi connectivity index (χ0v) is 17.4. The number of nitrogens with one attached hydrogen (secondary N) is 2. The molecule has 0 heterocycles. The maximum Gasteiger partial charge on any atom is 0.271 e. The van der Waals surface area contributed by atoms with Crippen LogP contribution in [0.4, 0.5) is 24.5 Å². The maximum atomic E-state index is 13.7. The Kier molecular flexibility index (Phi) is 6.02. The Balaban J connectivity index is 1.68. The van der Waals surface area contributed by atoms with Crippen molar-refractivity contribution in [3.8, 4) is 5.75 Å². The third-order valence-corrected chi connectivity index (χ3v) is 5.38. The SMILES string of the molecule is C[C@@H](NC(c1ccc(F)cc1)c1cccc(Nc2c(O)c(=O)c2=O)c1)c1cc(F)cc(F)c1. The zero-order valence-electron chi connectivity index (χ0n) is 17.4. The first kappa shape index (κ1) is 22.3. The molecule has 0 aliphatic carbocycles. The quantitative estimate of drug-likeness (QED) is 0.358. The van der Waals surface area contributed by atoms with Gasteiger partial charge in [-0.1, -0.05) is 24.3 Å². The predicted molar refractivity (Wildman–Crippen MR) is 119 cm³/mol. The van der Waals surface area contributed by atoms with Gasteiger partial charge in [0.15, 0.2) is 5.75 Å². The number of hydrogen-bond donors (Lipinski definition) is 3. The van der Waals surface area contributed by atoms with E-state index in [4.69, 9.17) is 0 Å². The van der Waals surface area contributed by atoms with Crippen LogP contribution in [-0.2, 0) is 0 Å². The van der Waals surface area contributed by atoms with Crippen LogP contribution in [-0.4, -0.2) is 5.11 Å². The normalized spacial score (nSPS) is 13.1. The minimum absolute atomic E-state index is 0.188. The maximum absolute atomic E-state index is 13.7. The Morgan fingerprint density at radius 2 is 1.42 bits per heavy atom. The van der Waals surface area contributed by atoms with E-state index in [1.54, 1.807) is 43.3 Å². The van der Waals surface area contributed by atoms with Gasteiger partial charge < -0.3 is 10.4 Å². The van der Waals surface area contributed by atoms with Crippen molar-refractivity contribution in [1.82, 2.24) is 5.32 Å². The van der Waals surface area contributed by atoms with Crippen LogP contribution in [0.15, 0.2) is 76.3 Å². The van der Waals surface area contributed by atoms with Crippen LogP contribution in [0.25, 0.3) is 0 Å². The van der Waals surface area contributed by atoms with Gasteiger partial charge in [-0.25, -0.2) is 13.2 Å². The topological polar surface area (TPSA) is 78.4 Å². The molecule has 1 unspecified atom stereocenters. The van der Waals surface area contributed by atoms with E-state index >= 15 is 0 Å². The fourth-order valence-electron chi connectivity index (χ4n) is 3.65. The fraction of sp³-hybridized carbons (Fsp3) is 0.120. The Labute approximate surface area is 186 Å². The number of benzene rings is 3. The van der Waals surface area contributed by atoms with Gasteiger partial charge in [0, 0.05) is 17.8 Å². The Morgan fingerprint density at radius 3 is 2.06 bits per heavy atom. The van der Waals surface area contributed by atoms with E-state index in [1.807, 2.05) is 0 Å². The molecule has 4 aromatic rings. The Morgan fingerprint density at radius 1 is 0.758 bits per heavy atom. The van der Waals surface area contributed by atoms with Crippen LogP contribution >= 0.6 is 0 Å². The molecule has 0 saturated carbocycles. The van der Waals surface area contributed by atoms with E-state index in [-0.39, 0.29) is 5.69 Å². The first-order chi connectivity index (χ1) is 15.7. The highest BCUT2D eigenvalue weighted by Gasteiger charge is 2.22. The summed E-state index contributed by atoms with van der Waals surface area (Å²) < 4.78 is 41.0. The standard InChI is InChI=1S/C25H19F3N2O3/c1-13(16-9-18(27)12-19(28)10-16)29-21(14-5-7-17(26)8-6-14)15-3-2-4-20(11-15)30-22-23(31)25(33)24(22)32/h2-13,21,29-31H,1H3/t13-,21?/m1/s1. The molecule has 0 radical (unpaired) electrons. The van der Waals surface area contributed by atoms with Gasteiger partial charge in [-0.05, 0) is 60.0 Å². The molecule has 168 valence electrons. The summed E-state index contributed by atoms with van der Waals surface area (Å²) in [7, 11) is 0. The molecular formula is C25H19F3N2O3. The van der Waals surface area contributed by atoms with E-state index in [2.05, 4.69) is 10.6 Å². The summed E-state index contributed by atoms with van der Waals surface area (Å²) in [5.74, 6) is -2.43. The molecule has 3 N–H and O–H groups in total. The third kappa shape index (κ3) is 4.65. The number of hydrogen-bond acceptors (Lipinski definition) is 5. The molecule has 5 nitrogen and oxygen atoms in total. The molecular weight excluding hydrogens is 433 g/mol. The molecule has 0 fully saturated rings. The fourth-order valence-corrected chi connectivity index (χ4v) is 3.65. The lowest BCUT2D eigenvalue weighted by molar-refractivity contribution is 0.466. The van der Waals surface area contributed by atoms with Crippen LogP contribution < -0.4 is 21.5 Å². The number of rotatable bonds is 7. The van der Waals surface area contributed by atoms with Gasteiger partial charge in [0.2, 0.25) is 0 Å². The summed E-state index contributed by atoms with van der Waals surface area (Å²) >= 11 is 0. The van der Waals surface area contributed by atoms with E-state index in [0.717, 1.165) is 6.07 Å². The monoisotopic (exact) mass is 452 g/mol. The van der Waals surface area contributed by atoms with Crippen molar-refractivity contribution in [3.63, 3.8) is 0 Å². The summed E-state index contributed by atoms with van der Waals surface area (Å²) in [5.41, 5.74) is 0.258. The largest absolute Gasteiger partial charge is 0.502 e. The number of anilines is 2. The van der Waals surface area contributed by atoms with E-state index in [9.17, 15) is 27.9 Å². The van der Waals surface area contributed by atoms with Gasteiger partial charge in [0.05, 0.1) is 6.04 Å². The molecule has 33 heavy (non-hydrogen) atoms. The molecule has 2 atom stereocenters. The van der Waals surface area contributed by atoms with Gasteiger partial charge in [0.1, 0.15) is 23.1 Å². The predicted octanol–water partition coefficient (Wildman–Crippen LogP) is 4.59. The van der Waals surface area contributed by atoms with Gasteiger partial charge in [-0.15, -0.1) is 0 Å². The van der Waals surface area contributed by atoms with Crippen molar-refractivity contribution in [1.29, 1.82) is 0 Å². The summed E-state index contributed by atoms with van der Waals surface area (Å²) in [6, 6.07) is 14.9. The summed E-state index contributed by atoms with van der Waals surface area (Å²) in [5, 5.41) is 15.7. The van der Waals surface area contributed by atoms with Crippen molar-refractivity contribution < 1.29 is 18.3 Å². The lowest BCUT2D eigenvalue weighted by Crippen LogP contribution is -2.32. The molecule has 0 aliphatic rings. The molecule has 0 bridgehead atoms. The van der Waals surface area contributed by atoms with Gasteiger partial charge in [-0.2, -0.15) is 0 Å². The van der Waals surface area contributed by atoms with Gasteiger partial charge in [-0.3, -0.25) is 14.9 Å². The van der Waals surface area contributed by atoms with Crippen LogP contribution in [0.5, 0.6) is 5.75 Å². The second kappa shape index (κ2) is 8.91. The molecule has 0 saturated heterocycles. The molecule has 8 heteroatoms. The van der Waals surface area contributed by atoms with E-state index in [0.29, 0.717) is 22.4 Å². The smallest absolute Gasteiger partial charge is 0.271 e. The molecule has 0 spiro atoms. The van der Waals surface area contributed by atoms with Crippen LogP contribution in [0.1, 0.15) is 35.7 Å². The average molecular weight is 452 g/mol.